The van der Waals surface area contributed by atoms with Gasteiger partial charge in [-0.15, -0.1) is 0 Å². The Hall–Kier alpha value is -6.70. The maximum atomic E-state index is 15.3. The Kier molecular flexibility index (Phi) is 37.9. The molecule has 2 aromatic carbocycles. The fourth-order valence-corrected chi connectivity index (χ4v) is 9.82. The number of nitrogens with one attached hydrogen (secondary N) is 2. The molecule has 0 fully saturated rings. The van der Waals surface area contributed by atoms with Gasteiger partial charge in [-0.25, -0.2) is 13.6 Å². The Labute approximate surface area is 531 Å². The van der Waals surface area contributed by atoms with Crippen molar-refractivity contribution in [2.75, 3.05) is 137 Å². The summed E-state index contributed by atoms with van der Waals surface area (Å²) in [5, 5.41) is 21.3. The summed E-state index contributed by atoms with van der Waals surface area (Å²) in [5.74, 6) is -7.77. The van der Waals surface area contributed by atoms with E-state index in [0.29, 0.717) is 71.3 Å². The number of benzene rings is 2. The van der Waals surface area contributed by atoms with E-state index in [1.54, 1.807) is 11.1 Å². The summed E-state index contributed by atoms with van der Waals surface area (Å²) in [4.78, 5) is 99.2. The van der Waals surface area contributed by atoms with Crippen LogP contribution >= 0.6 is 11.8 Å². The van der Waals surface area contributed by atoms with Crippen LogP contribution in [0.3, 0.4) is 0 Å². The first-order chi connectivity index (χ1) is 43.4. The molecule has 0 saturated carbocycles. The SMILES string of the molecule is CC(C)(C)[C@H](c1cc(-c2cc(F)ccc2F)cn1Cc1ccccc1)N(CCCN)C(=O)CSC[C@H](CC(=O)CCOCCOCCCCCOCCNC(=O)CN1C(=O)C=CC1=O)C(=O)NCCOCCOCCOCCOCCC(=O)O.O=C(O)C(F)(F)F. The Balaban J connectivity index is 0.00000291. The molecule has 2 atom stereocenters. The first-order valence-corrected chi connectivity index (χ1v) is 31.0. The molecule has 0 aliphatic carbocycles. The van der Waals surface area contributed by atoms with Crippen molar-refractivity contribution in [1.29, 1.82) is 0 Å². The second kappa shape index (κ2) is 44.0. The highest BCUT2D eigenvalue weighted by Gasteiger charge is 2.39. The minimum atomic E-state index is -5.08. The number of halogens is 5. The van der Waals surface area contributed by atoms with Crippen molar-refractivity contribution >= 4 is 59.0 Å². The lowest BCUT2D eigenvalue weighted by Gasteiger charge is -2.41. The first kappa shape index (κ1) is 78.5. The van der Waals surface area contributed by atoms with E-state index in [1.165, 1.54) is 11.8 Å². The van der Waals surface area contributed by atoms with Crippen molar-refractivity contribution in [3.63, 3.8) is 0 Å². The number of carboxylic acids is 2. The number of carboxylic acid groups (broad SMARTS) is 2. The molecule has 23 nitrogen and oxygen atoms in total. The van der Waals surface area contributed by atoms with Crippen LogP contribution in [-0.2, 0) is 78.1 Å². The maximum absolute atomic E-state index is 15.3. The Morgan fingerprint density at radius 2 is 1.22 bits per heavy atom. The van der Waals surface area contributed by atoms with E-state index < -0.39 is 64.8 Å². The third-order valence-electron chi connectivity index (χ3n) is 13.2. The maximum Gasteiger partial charge on any atom is 0.490 e. The number of thioether (sulfide) groups is 1. The van der Waals surface area contributed by atoms with Crippen molar-refractivity contribution in [2.45, 2.75) is 84.5 Å². The van der Waals surface area contributed by atoms with Crippen LogP contribution in [0.4, 0.5) is 22.0 Å². The largest absolute Gasteiger partial charge is 0.490 e. The highest BCUT2D eigenvalue weighted by Crippen LogP contribution is 2.41. The summed E-state index contributed by atoms with van der Waals surface area (Å²) in [6.45, 7) is 11.2. The van der Waals surface area contributed by atoms with Gasteiger partial charge in [-0.2, -0.15) is 24.9 Å². The molecular weight excluding hydrogens is 1230 g/mol. The number of hydrogen-bond donors (Lipinski definition) is 5. The summed E-state index contributed by atoms with van der Waals surface area (Å²) in [7, 11) is 0. The second-order valence-corrected chi connectivity index (χ2v) is 22.7. The van der Waals surface area contributed by atoms with Crippen LogP contribution < -0.4 is 16.4 Å². The standard InChI is InChI=1S/C60H86F2N6O15S.C2HF3O2/c1-60(2,3)58(52-38-46(50-39-48(61)13-14-51(50)62)41-66(52)40-45-11-6-4-7-12-45)67(22-10-19-63)56(73)44-84-43-47(59(76)65-21-28-81-32-34-83-36-35-82-33-31-80-26-18-57(74)75)37-49(69)17-25-79-30-29-78-24-9-5-8-23-77-27-20-64-53(70)42-68-54(71)15-16-55(68)72;3-2(4,5)1(6)7/h4,6-7,11-16,38-39,41,47,58H,5,8-10,17-37,40,42-44,63H2,1-3H3,(H,64,70)(H,65,76)(H,74,75);(H,6,7)/t47-,58-;/m0./s1. The minimum absolute atomic E-state index is 0.0267. The smallest absolute Gasteiger partial charge is 0.481 e. The molecule has 508 valence electrons. The van der Waals surface area contributed by atoms with E-state index in [1.807, 2.05) is 61.7 Å². The zero-order chi connectivity index (χ0) is 67.0. The van der Waals surface area contributed by atoms with Gasteiger partial charge in [0.25, 0.3) is 11.8 Å². The van der Waals surface area contributed by atoms with Gasteiger partial charge in [0.15, 0.2) is 0 Å². The predicted molar refractivity (Wildman–Crippen MR) is 325 cm³/mol. The second-order valence-electron chi connectivity index (χ2n) is 21.6. The molecular formula is C62H87F5N6O17S. The average Bonchev–Trinajstić information content (AvgIpc) is 1.68. The van der Waals surface area contributed by atoms with E-state index in [4.69, 9.17) is 53.9 Å². The number of carbonyl (C=O) groups is 8. The number of carbonyl (C=O) groups excluding carboxylic acids is 6. The summed E-state index contributed by atoms with van der Waals surface area (Å²) in [6.07, 6.45) is 1.77. The van der Waals surface area contributed by atoms with Gasteiger partial charge in [0, 0.05) is 93.2 Å². The summed E-state index contributed by atoms with van der Waals surface area (Å²) in [6, 6.07) is 14.3. The van der Waals surface area contributed by atoms with Crippen molar-refractivity contribution in [2.24, 2.45) is 17.1 Å². The molecule has 29 heteroatoms. The fraction of sp³-hybridized carbons (Fsp3) is 0.581. The van der Waals surface area contributed by atoms with Crippen LogP contribution in [0.1, 0.15) is 83.0 Å². The van der Waals surface area contributed by atoms with E-state index in [9.17, 15) is 51.1 Å². The first-order valence-electron chi connectivity index (χ1n) is 29.8. The lowest BCUT2D eigenvalue weighted by molar-refractivity contribution is -0.192. The van der Waals surface area contributed by atoms with E-state index in [2.05, 4.69) is 10.6 Å². The molecule has 91 heavy (non-hydrogen) atoms. The topological polar surface area (TPSA) is 303 Å². The number of hydrogen-bond acceptors (Lipinski definition) is 17. The molecule has 1 aliphatic rings. The molecule has 6 N–H and O–H groups in total. The average molecular weight is 1320 g/mol. The summed E-state index contributed by atoms with van der Waals surface area (Å²) < 4.78 is 102. The number of unbranched alkanes of at least 4 members (excludes halogenated alkanes) is 2. The number of aromatic nitrogens is 1. The van der Waals surface area contributed by atoms with Gasteiger partial charge in [0.1, 0.15) is 24.0 Å². The number of ketones is 1. The number of nitrogens with zero attached hydrogens (tertiary/aromatic N) is 3. The van der Waals surface area contributed by atoms with Crippen LogP contribution in [0.2, 0.25) is 0 Å². The van der Waals surface area contributed by atoms with Crippen molar-refractivity contribution in [3.8, 4) is 11.1 Å². The molecule has 0 unspecified atom stereocenters. The molecule has 0 bridgehead atoms. The van der Waals surface area contributed by atoms with Crippen molar-refractivity contribution in [1.82, 2.24) is 25.0 Å². The quantitative estimate of drug-likeness (QED) is 0.0246. The Morgan fingerprint density at radius 3 is 1.78 bits per heavy atom. The molecule has 3 aromatic rings. The molecule has 5 amide bonds. The summed E-state index contributed by atoms with van der Waals surface area (Å²) in [5.41, 5.74) is 7.73. The molecule has 0 spiro atoms. The summed E-state index contributed by atoms with van der Waals surface area (Å²) >= 11 is 1.25. The zero-order valence-corrected chi connectivity index (χ0v) is 52.6. The van der Waals surface area contributed by atoms with Gasteiger partial charge in [0.05, 0.1) is 103 Å². The van der Waals surface area contributed by atoms with Crippen LogP contribution in [-0.4, -0.2) is 215 Å². The molecule has 0 radical (unpaired) electrons. The van der Waals surface area contributed by atoms with Gasteiger partial charge in [-0.1, -0.05) is 51.1 Å². The number of Topliss-reactive ketones (excluding diaryl/α,β-unsaturated/α-hetero) is 1. The number of alkyl halides is 3. The van der Waals surface area contributed by atoms with Gasteiger partial charge < -0.3 is 69.2 Å². The molecule has 0 saturated heterocycles. The van der Waals surface area contributed by atoms with E-state index >= 15 is 4.39 Å². The van der Waals surface area contributed by atoms with Gasteiger partial charge in [0.2, 0.25) is 17.7 Å². The van der Waals surface area contributed by atoms with E-state index in [0.717, 1.165) is 65.8 Å². The fourth-order valence-electron chi connectivity index (χ4n) is 8.80. The lowest BCUT2D eigenvalue weighted by Crippen LogP contribution is -2.44. The zero-order valence-electron chi connectivity index (χ0n) is 51.8. The molecule has 1 aromatic heterocycles. The normalized spacial score (nSPS) is 13.0. The monoisotopic (exact) mass is 1310 g/mol. The van der Waals surface area contributed by atoms with Crippen LogP contribution in [0, 0.1) is 23.0 Å². The number of nitrogens with two attached hydrogens (primary N) is 1. The highest BCUT2D eigenvalue weighted by atomic mass is 32.2. The van der Waals surface area contributed by atoms with Crippen LogP contribution in [0.15, 0.2) is 72.9 Å². The van der Waals surface area contributed by atoms with Gasteiger partial charge in [-0.05, 0) is 67.5 Å². The number of amides is 5. The third kappa shape index (κ3) is 32.9. The molecule has 1 aliphatic heterocycles. The Bertz CT molecular complexity index is 2720. The van der Waals surface area contributed by atoms with Crippen LogP contribution in [0.25, 0.3) is 11.1 Å². The van der Waals surface area contributed by atoms with Gasteiger partial charge >= 0.3 is 18.1 Å². The number of rotatable bonds is 47. The number of imide groups is 1. The lowest BCUT2D eigenvalue weighted by atomic mass is 9.83. The van der Waals surface area contributed by atoms with E-state index in [-0.39, 0.29) is 126 Å². The highest BCUT2D eigenvalue weighted by molar-refractivity contribution is 7.99. The van der Waals surface area contributed by atoms with Crippen molar-refractivity contribution in [3.05, 3.63) is 95.8 Å². The number of ether oxygens (including phenoxy) is 7. The van der Waals surface area contributed by atoms with Crippen molar-refractivity contribution < 1.29 is 104 Å². The van der Waals surface area contributed by atoms with Gasteiger partial charge in [-0.3, -0.25) is 38.5 Å². The predicted octanol–water partition coefficient (Wildman–Crippen LogP) is 6.00. The Morgan fingerprint density at radius 1 is 0.681 bits per heavy atom. The third-order valence-corrected chi connectivity index (χ3v) is 14.3. The van der Waals surface area contributed by atoms with Crippen LogP contribution in [0.5, 0.6) is 0 Å². The minimum Gasteiger partial charge on any atom is -0.481 e. The molecule has 2 heterocycles. The number of aliphatic carboxylic acids is 2. The molecule has 4 rings (SSSR count).